The molecule has 1 rings (SSSR count). The number of nitrogens with two attached hydrogens (primary N) is 2. The van der Waals surface area contributed by atoms with E-state index < -0.39 is 12.0 Å². The van der Waals surface area contributed by atoms with E-state index in [0.29, 0.717) is 12.1 Å². The molecule has 1 aromatic carbocycles. The Morgan fingerprint density at radius 2 is 1.89 bits per heavy atom. The van der Waals surface area contributed by atoms with Crippen LogP contribution in [0.4, 0.5) is 10.5 Å². The molecule has 0 heterocycles. The minimum absolute atomic E-state index is 0.0319. The lowest BCUT2D eigenvalue weighted by atomic mass is 10.0. The molecule has 1 atom stereocenters. The van der Waals surface area contributed by atoms with E-state index in [1.54, 1.807) is 31.3 Å². The molecule has 98 valence electrons. The van der Waals surface area contributed by atoms with Gasteiger partial charge in [-0.1, -0.05) is 12.1 Å². The Hall–Kier alpha value is -2.08. The van der Waals surface area contributed by atoms with Crippen molar-refractivity contribution in [3.8, 4) is 0 Å². The van der Waals surface area contributed by atoms with Crippen LogP contribution in [0.25, 0.3) is 0 Å². The van der Waals surface area contributed by atoms with Crippen LogP contribution in [-0.4, -0.2) is 24.2 Å². The van der Waals surface area contributed by atoms with Crippen molar-refractivity contribution in [3.63, 3.8) is 0 Å². The molecule has 0 fully saturated rings. The Morgan fingerprint density at radius 3 is 2.33 bits per heavy atom. The summed E-state index contributed by atoms with van der Waals surface area (Å²) in [6.07, 6.45) is 0.407. The molecule has 0 bridgehead atoms. The molecular formula is C12H17N3O3. The third kappa shape index (κ3) is 3.74. The van der Waals surface area contributed by atoms with E-state index in [2.05, 4.69) is 0 Å². The van der Waals surface area contributed by atoms with Gasteiger partial charge in [0.25, 0.3) is 0 Å². The third-order valence-corrected chi connectivity index (χ3v) is 2.71. The predicted octanol–water partition coefficient (Wildman–Crippen LogP) is 1.07. The zero-order valence-electron chi connectivity index (χ0n) is 10.2. The van der Waals surface area contributed by atoms with Crippen molar-refractivity contribution in [2.45, 2.75) is 18.9 Å². The smallest absolute Gasteiger partial charge is 0.318 e. The number of urea groups is 1. The van der Waals surface area contributed by atoms with Gasteiger partial charge >= 0.3 is 12.0 Å². The number of aliphatic carboxylic acids is 1. The highest BCUT2D eigenvalue weighted by Gasteiger charge is 2.10. The van der Waals surface area contributed by atoms with Crippen LogP contribution in [0.15, 0.2) is 24.3 Å². The molecule has 1 aromatic rings. The molecule has 1 unspecified atom stereocenters. The van der Waals surface area contributed by atoms with Crippen LogP contribution >= 0.6 is 0 Å². The topological polar surface area (TPSA) is 110 Å². The third-order valence-electron chi connectivity index (χ3n) is 2.71. The van der Waals surface area contributed by atoms with Gasteiger partial charge < -0.3 is 16.6 Å². The summed E-state index contributed by atoms with van der Waals surface area (Å²) in [5.74, 6) is -0.865. The molecule has 0 spiro atoms. The monoisotopic (exact) mass is 251 g/mol. The highest BCUT2D eigenvalue weighted by atomic mass is 16.4. The highest BCUT2D eigenvalue weighted by Crippen LogP contribution is 2.20. The summed E-state index contributed by atoms with van der Waals surface area (Å²) in [7, 11) is 1.57. The minimum atomic E-state index is -0.865. The molecule has 0 radical (unpaired) electrons. The van der Waals surface area contributed by atoms with Crippen molar-refractivity contribution in [2.75, 3.05) is 11.9 Å². The maximum atomic E-state index is 11.0. The number of carbonyl (C=O) groups excluding carboxylic acids is 1. The first-order valence-corrected chi connectivity index (χ1v) is 5.52. The summed E-state index contributed by atoms with van der Waals surface area (Å²) in [6.45, 7) is 0. The second-order valence-electron chi connectivity index (χ2n) is 4.03. The molecule has 0 aliphatic heterocycles. The van der Waals surface area contributed by atoms with Crippen LogP contribution < -0.4 is 16.4 Å². The Bertz CT molecular complexity index is 431. The Kier molecular flexibility index (Phi) is 4.67. The van der Waals surface area contributed by atoms with E-state index in [1.807, 2.05) is 0 Å². The second-order valence-corrected chi connectivity index (χ2v) is 4.03. The van der Waals surface area contributed by atoms with Crippen molar-refractivity contribution >= 4 is 17.7 Å². The van der Waals surface area contributed by atoms with E-state index in [4.69, 9.17) is 16.6 Å². The number of hydrogen-bond acceptors (Lipinski definition) is 3. The summed E-state index contributed by atoms with van der Waals surface area (Å²) in [6, 6.07) is 6.11. The lowest BCUT2D eigenvalue weighted by Gasteiger charge is -2.16. The SMILES string of the molecule is CN(C(N)=O)c1ccc(C(N)CCC(=O)O)cc1. The number of carbonyl (C=O) groups is 2. The molecule has 5 N–H and O–H groups in total. The normalized spacial score (nSPS) is 11.9. The predicted molar refractivity (Wildman–Crippen MR) is 68.2 cm³/mol. The number of carboxylic acids is 1. The molecule has 0 saturated carbocycles. The van der Waals surface area contributed by atoms with Gasteiger partial charge in [0, 0.05) is 25.2 Å². The van der Waals surface area contributed by atoms with Crippen molar-refractivity contribution < 1.29 is 14.7 Å². The molecule has 0 aliphatic carbocycles. The van der Waals surface area contributed by atoms with Gasteiger partial charge in [0.15, 0.2) is 0 Å². The van der Waals surface area contributed by atoms with Crippen LogP contribution in [0.5, 0.6) is 0 Å². The van der Waals surface area contributed by atoms with E-state index in [9.17, 15) is 9.59 Å². The standard InChI is InChI=1S/C12H17N3O3/c1-15(12(14)18)9-4-2-8(3-5-9)10(13)6-7-11(16)17/h2-5,10H,6-7,13H2,1H3,(H2,14,18)(H,16,17). The van der Waals surface area contributed by atoms with Crippen LogP contribution in [0, 0.1) is 0 Å². The number of amides is 2. The largest absolute Gasteiger partial charge is 0.481 e. The maximum Gasteiger partial charge on any atom is 0.318 e. The fraction of sp³-hybridized carbons (Fsp3) is 0.333. The summed E-state index contributed by atoms with van der Waals surface area (Å²) >= 11 is 0. The molecular weight excluding hydrogens is 234 g/mol. The van der Waals surface area contributed by atoms with Gasteiger partial charge in [-0.15, -0.1) is 0 Å². The summed E-state index contributed by atoms with van der Waals surface area (Å²) in [5, 5.41) is 8.57. The average molecular weight is 251 g/mol. The van der Waals surface area contributed by atoms with Crippen LogP contribution in [0.1, 0.15) is 24.4 Å². The summed E-state index contributed by atoms with van der Waals surface area (Å²) < 4.78 is 0. The van der Waals surface area contributed by atoms with Gasteiger partial charge in [0.2, 0.25) is 0 Å². The molecule has 2 amide bonds. The second kappa shape index (κ2) is 6.02. The lowest BCUT2D eigenvalue weighted by molar-refractivity contribution is -0.137. The van der Waals surface area contributed by atoms with Gasteiger partial charge in [0.1, 0.15) is 0 Å². The van der Waals surface area contributed by atoms with Crippen molar-refractivity contribution in [3.05, 3.63) is 29.8 Å². The van der Waals surface area contributed by atoms with Gasteiger partial charge in [0.05, 0.1) is 0 Å². The fourth-order valence-electron chi connectivity index (χ4n) is 1.52. The number of carboxylic acid groups (broad SMARTS) is 1. The van der Waals surface area contributed by atoms with Gasteiger partial charge in [-0.05, 0) is 24.1 Å². The van der Waals surface area contributed by atoms with Crippen molar-refractivity contribution in [2.24, 2.45) is 11.5 Å². The Labute approximate surface area is 105 Å². The van der Waals surface area contributed by atoms with Crippen LogP contribution in [-0.2, 0) is 4.79 Å². The maximum absolute atomic E-state index is 11.0. The Balaban J connectivity index is 2.70. The van der Waals surface area contributed by atoms with E-state index in [0.717, 1.165) is 5.56 Å². The van der Waals surface area contributed by atoms with E-state index in [-0.39, 0.29) is 12.5 Å². The number of rotatable bonds is 5. The van der Waals surface area contributed by atoms with Gasteiger partial charge in [-0.25, -0.2) is 4.79 Å². The number of primary amides is 1. The number of benzene rings is 1. The Morgan fingerprint density at radius 1 is 1.33 bits per heavy atom. The van der Waals surface area contributed by atoms with E-state index >= 15 is 0 Å². The first kappa shape index (κ1) is 14.0. The first-order chi connectivity index (χ1) is 8.41. The lowest BCUT2D eigenvalue weighted by Crippen LogP contribution is -2.31. The summed E-state index contributed by atoms with van der Waals surface area (Å²) in [5.41, 5.74) is 12.5. The number of anilines is 1. The van der Waals surface area contributed by atoms with E-state index in [1.165, 1.54) is 4.90 Å². The fourth-order valence-corrected chi connectivity index (χ4v) is 1.52. The quantitative estimate of drug-likeness (QED) is 0.726. The van der Waals surface area contributed by atoms with Gasteiger partial charge in [-0.2, -0.15) is 0 Å². The summed E-state index contributed by atoms with van der Waals surface area (Å²) in [4.78, 5) is 22.7. The zero-order chi connectivity index (χ0) is 13.7. The minimum Gasteiger partial charge on any atom is -0.481 e. The molecule has 0 aromatic heterocycles. The first-order valence-electron chi connectivity index (χ1n) is 5.52. The van der Waals surface area contributed by atoms with Gasteiger partial charge in [-0.3, -0.25) is 9.69 Å². The molecule has 0 aliphatic rings. The molecule has 6 heteroatoms. The molecule has 6 nitrogen and oxygen atoms in total. The van der Waals surface area contributed by atoms with Crippen LogP contribution in [0.2, 0.25) is 0 Å². The number of hydrogen-bond donors (Lipinski definition) is 3. The highest BCUT2D eigenvalue weighted by molar-refractivity contribution is 5.89. The number of nitrogens with zero attached hydrogens (tertiary/aromatic N) is 1. The van der Waals surface area contributed by atoms with Crippen molar-refractivity contribution in [1.29, 1.82) is 0 Å². The zero-order valence-corrected chi connectivity index (χ0v) is 10.2. The average Bonchev–Trinajstić information content (AvgIpc) is 2.35. The van der Waals surface area contributed by atoms with Crippen LogP contribution in [0.3, 0.4) is 0 Å². The van der Waals surface area contributed by atoms with Crippen molar-refractivity contribution in [1.82, 2.24) is 0 Å². The molecule has 18 heavy (non-hydrogen) atoms. The molecule has 0 saturated heterocycles.